The summed E-state index contributed by atoms with van der Waals surface area (Å²) >= 11 is 0. The molecule has 1 heterocycles. The molecule has 1 aromatic carbocycles. The Morgan fingerprint density at radius 1 is 1.31 bits per heavy atom. The second-order valence-electron chi connectivity index (χ2n) is 3.89. The second-order valence-corrected chi connectivity index (χ2v) is 3.89. The molecule has 2 aromatic rings. The highest BCUT2D eigenvalue weighted by atomic mass is 16.3. The fourth-order valence-electron chi connectivity index (χ4n) is 1.96. The van der Waals surface area contributed by atoms with Gasteiger partial charge in [0.05, 0.1) is 5.69 Å². The van der Waals surface area contributed by atoms with Crippen molar-refractivity contribution in [1.29, 1.82) is 0 Å². The zero-order valence-corrected chi connectivity index (χ0v) is 8.55. The summed E-state index contributed by atoms with van der Waals surface area (Å²) in [7, 11) is 0. The molecule has 4 heteroatoms. The molecule has 3 rings (SSSR count). The molecule has 0 radical (unpaired) electrons. The topological polar surface area (TPSA) is 55.1 Å². The van der Waals surface area contributed by atoms with Crippen molar-refractivity contribution >= 4 is 5.78 Å². The Morgan fingerprint density at radius 2 is 2.19 bits per heavy atom. The SMILES string of the molecule is O=C1CCc2cn(-c3cccc(O)c3)nc21. The molecule has 1 aliphatic rings. The first-order chi connectivity index (χ1) is 7.74. The van der Waals surface area contributed by atoms with E-state index >= 15 is 0 Å². The van der Waals surface area contributed by atoms with E-state index < -0.39 is 0 Å². The third-order valence-corrected chi connectivity index (χ3v) is 2.77. The molecule has 0 saturated carbocycles. The lowest BCUT2D eigenvalue weighted by Crippen LogP contribution is -1.99. The molecular formula is C12H10N2O2. The summed E-state index contributed by atoms with van der Waals surface area (Å²) in [6.45, 7) is 0. The Balaban J connectivity index is 2.08. The van der Waals surface area contributed by atoms with Crippen LogP contribution in [0.5, 0.6) is 5.75 Å². The number of rotatable bonds is 1. The van der Waals surface area contributed by atoms with Crippen LogP contribution < -0.4 is 0 Å². The van der Waals surface area contributed by atoms with E-state index in [9.17, 15) is 9.90 Å². The van der Waals surface area contributed by atoms with Crippen LogP contribution in [0, 0.1) is 0 Å². The highest BCUT2D eigenvalue weighted by Crippen LogP contribution is 2.23. The normalized spacial score (nSPS) is 14.1. The number of aromatic hydroxyl groups is 1. The molecule has 1 aliphatic carbocycles. The summed E-state index contributed by atoms with van der Waals surface area (Å²) in [5, 5.41) is 13.6. The maximum Gasteiger partial charge on any atom is 0.183 e. The van der Waals surface area contributed by atoms with Crippen molar-refractivity contribution in [2.45, 2.75) is 12.8 Å². The van der Waals surface area contributed by atoms with Gasteiger partial charge in [0, 0.05) is 24.2 Å². The molecule has 0 fully saturated rings. The fourth-order valence-corrected chi connectivity index (χ4v) is 1.96. The molecule has 0 amide bonds. The van der Waals surface area contributed by atoms with Crippen LogP contribution in [0.3, 0.4) is 0 Å². The number of hydrogen-bond acceptors (Lipinski definition) is 3. The number of Topliss-reactive ketones (excluding diaryl/α,β-unsaturated/α-hetero) is 1. The van der Waals surface area contributed by atoms with Gasteiger partial charge in [-0.05, 0) is 18.6 Å². The average molecular weight is 214 g/mol. The van der Waals surface area contributed by atoms with Crippen LogP contribution in [0.4, 0.5) is 0 Å². The van der Waals surface area contributed by atoms with E-state index in [1.807, 2.05) is 12.3 Å². The van der Waals surface area contributed by atoms with Crippen molar-refractivity contribution in [3.8, 4) is 11.4 Å². The number of hydrogen-bond donors (Lipinski definition) is 1. The summed E-state index contributed by atoms with van der Waals surface area (Å²) < 4.78 is 1.64. The molecule has 0 spiro atoms. The van der Waals surface area contributed by atoms with E-state index in [0.717, 1.165) is 17.7 Å². The van der Waals surface area contributed by atoms with Crippen LogP contribution in [0.1, 0.15) is 22.5 Å². The van der Waals surface area contributed by atoms with Gasteiger partial charge in [-0.2, -0.15) is 5.10 Å². The molecule has 0 aliphatic heterocycles. The zero-order valence-electron chi connectivity index (χ0n) is 8.55. The Labute approximate surface area is 92.1 Å². The Hall–Kier alpha value is -2.10. The van der Waals surface area contributed by atoms with Gasteiger partial charge < -0.3 is 5.11 Å². The predicted octanol–water partition coefficient (Wildman–Crippen LogP) is 1.71. The van der Waals surface area contributed by atoms with E-state index in [-0.39, 0.29) is 11.5 Å². The predicted molar refractivity (Wildman–Crippen MR) is 57.9 cm³/mol. The number of carbonyl (C=O) groups is 1. The lowest BCUT2D eigenvalue weighted by molar-refractivity contribution is 0.0989. The van der Waals surface area contributed by atoms with E-state index in [1.54, 1.807) is 22.9 Å². The van der Waals surface area contributed by atoms with Crippen LogP contribution in [-0.4, -0.2) is 20.7 Å². The van der Waals surface area contributed by atoms with Gasteiger partial charge in [0.2, 0.25) is 0 Å². The molecule has 0 saturated heterocycles. The summed E-state index contributed by atoms with van der Waals surface area (Å²) in [5.74, 6) is 0.299. The van der Waals surface area contributed by atoms with Gasteiger partial charge in [-0.15, -0.1) is 0 Å². The number of carbonyl (C=O) groups excluding carboxylic acids is 1. The maximum absolute atomic E-state index is 11.5. The monoisotopic (exact) mass is 214 g/mol. The van der Waals surface area contributed by atoms with E-state index in [2.05, 4.69) is 5.10 Å². The van der Waals surface area contributed by atoms with Crippen LogP contribution in [-0.2, 0) is 6.42 Å². The van der Waals surface area contributed by atoms with Gasteiger partial charge in [0.25, 0.3) is 0 Å². The van der Waals surface area contributed by atoms with Crippen molar-refractivity contribution in [2.75, 3.05) is 0 Å². The summed E-state index contributed by atoms with van der Waals surface area (Å²) in [6, 6.07) is 6.81. The highest BCUT2D eigenvalue weighted by molar-refractivity contribution is 5.98. The largest absolute Gasteiger partial charge is 0.508 e. The van der Waals surface area contributed by atoms with E-state index in [1.165, 1.54) is 0 Å². The first-order valence-electron chi connectivity index (χ1n) is 5.15. The van der Waals surface area contributed by atoms with Crippen molar-refractivity contribution in [2.24, 2.45) is 0 Å². The van der Waals surface area contributed by atoms with Crippen LogP contribution in [0.2, 0.25) is 0 Å². The minimum absolute atomic E-state index is 0.105. The van der Waals surface area contributed by atoms with Gasteiger partial charge in [0.1, 0.15) is 11.4 Å². The van der Waals surface area contributed by atoms with Crippen molar-refractivity contribution < 1.29 is 9.90 Å². The summed E-state index contributed by atoms with van der Waals surface area (Å²) in [5.41, 5.74) is 2.33. The van der Waals surface area contributed by atoms with Gasteiger partial charge >= 0.3 is 0 Å². The fraction of sp³-hybridized carbons (Fsp3) is 0.167. The summed E-state index contributed by atoms with van der Waals surface area (Å²) in [4.78, 5) is 11.5. The molecule has 0 atom stereocenters. The van der Waals surface area contributed by atoms with Crippen LogP contribution in [0.15, 0.2) is 30.5 Å². The molecule has 4 nitrogen and oxygen atoms in total. The van der Waals surface area contributed by atoms with Crippen LogP contribution in [0.25, 0.3) is 5.69 Å². The van der Waals surface area contributed by atoms with Gasteiger partial charge in [0.15, 0.2) is 5.78 Å². The first-order valence-corrected chi connectivity index (χ1v) is 5.15. The third kappa shape index (κ3) is 1.31. The zero-order chi connectivity index (χ0) is 11.1. The quantitative estimate of drug-likeness (QED) is 0.786. The summed E-state index contributed by atoms with van der Waals surface area (Å²) in [6.07, 6.45) is 3.19. The van der Waals surface area contributed by atoms with Gasteiger partial charge in [-0.1, -0.05) is 6.07 Å². The van der Waals surface area contributed by atoms with Crippen molar-refractivity contribution in [3.63, 3.8) is 0 Å². The number of phenolic OH excluding ortho intramolecular Hbond substituents is 1. The molecule has 80 valence electrons. The molecular weight excluding hydrogens is 204 g/mol. The van der Waals surface area contributed by atoms with Crippen molar-refractivity contribution in [3.05, 3.63) is 41.7 Å². The van der Waals surface area contributed by atoms with Gasteiger partial charge in [-0.25, -0.2) is 4.68 Å². The lowest BCUT2D eigenvalue weighted by atomic mass is 10.3. The Bertz CT molecular complexity index is 572. The maximum atomic E-state index is 11.5. The first kappa shape index (κ1) is 9.15. The lowest BCUT2D eigenvalue weighted by Gasteiger charge is -2.01. The number of aryl methyl sites for hydroxylation is 1. The number of nitrogens with zero attached hydrogens (tertiary/aromatic N) is 2. The minimum atomic E-state index is 0.105. The minimum Gasteiger partial charge on any atom is -0.508 e. The van der Waals surface area contributed by atoms with Crippen molar-refractivity contribution in [1.82, 2.24) is 9.78 Å². The highest BCUT2D eigenvalue weighted by Gasteiger charge is 2.23. The number of benzene rings is 1. The van der Waals surface area contributed by atoms with Crippen LogP contribution >= 0.6 is 0 Å². The molecule has 1 N–H and O–H groups in total. The number of aromatic nitrogens is 2. The number of fused-ring (bicyclic) bond motifs is 1. The molecule has 16 heavy (non-hydrogen) atoms. The van der Waals surface area contributed by atoms with E-state index in [4.69, 9.17) is 0 Å². The molecule has 0 bridgehead atoms. The average Bonchev–Trinajstić information content (AvgIpc) is 2.81. The smallest absolute Gasteiger partial charge is 0.183 e. The van der Waals surface area contributed by atoms with Gasteiger partial charge in [-0.3, -0.25) is 4.79 Å². The second kappa shape index (κ2) is 3.20. The standard InChI is InChI=1S/C12H10N2O2/c15-10-3-1-2-9(6-10)14-7-8-4-5-11(16)12(8)13-14/h1-3,6-7,15H,4-5H2. The number of ketones is 1. The molecule has 1 aromatic heterocycles. The van der Waals surface area contributed by atoms with E-state index in [0.29, 0.717) is 12.1 Å². The molecule has 0 unspecified atom stereocenters. The Kier molecular flexibility index (Phi) is 1.83. The number of phenols is 1. The third-order valence-electron chi connectivity index (χ3n) is 2.77. The Morgan fingerprint density at radius 3 is 2.94 bits per heavy atom.